The molecule has 2 aliphatic heterocycles. The van der Waals surface area contributed by atoms with E-state index in [2.05, 4.69) is 25.7 Å². The number of aliphatic imine (C=N–C) groups is 1. The fourth-order valence-corrected chi connectivity index (χ4v) is 4.64. The van der Waals surface area contributed by atoms with E-state index in [1.165, 1.54) is 0 Å². The second-order valence-corrected chi connectivity index (χ2v) is 9.01. The highest BCUT2D eigenvalue weighted by atomic mass is 35.5. The summed E-state index contributed by atoms with van der Waals surface area (Å²) in [5, 5.41) is 14.6. The molecule has 0 bridgehead atoms. The summed E-state index contributed by atoms with van der Waals surface area (Å²) < 4.78 is 11.3. The van der Waals surface area contributed by atoms with Gasteiger partial charge < -0.3 is 24.7 Å². The normalized spacial score (nSPS) is 17.4. The number of anilines is 3. The molecule has 1 saturated heterocycles. The zero-order valence-corrected chi connectivity index (χ0v) is 20.5. The number of aromatic nitrogens is 2. The first-order valence-corrected chi connectivity index (χ1v) is 12.3. The van der Waals surface area contributed by atoms with Gasteiger partial charge in [0.25, 0.3) is 11.8 Å². The average Bonchev–Trinajstić information content (AvgIpc) is 3.35. The molecule has 1 fully saturated rings. The van der Waals surface area contributed by atoms with Gasteiger partial charge >= 0.3 is 6.01 Å². The van der Waals surface area contributed by atoms with Crippen LogP contribution in [0, 0.1) is 0 Å². The van der Waals surface area contributed by atoms with Crippen LogP contribution in [0.4, 0.5) is 17.4 Å². The summed E-state index contributed by atoms with van der Waals surface area (Å²) in [7, 11) is 0. The standard InChI is InChI=1S/C27H23ClN6O3/c28-21-16-18(34-12-14-36-15-13-34)10-11-19(21)26-32-33-27(37-26)31-24-25(35)29-22-9-5-4-8-20(22)23(30-24)17-6-2-1-3-7-17/h1-11,16,24H,12-15H2,(H,29,35)(H,31,33)/t24-/m1/s1. The summed E-state index contributed by atoms with van der Waals surface area (Å²) >= 11 is 6.58. The van der Waals surface area contributed by atoms with Crippen LogP contribution in [0.2, 0.25) is 5.02 Å². The van der Waals surface area contributed by atoms with E-state index in [1.807, 2.05) is 72.8 Å². The zero-order valence-electron chi connectivity index (χ0n) is 19.7. The van der Waals surface area contributed by atoms with Gasteiger partial charge in [-0.15, -0.1) is 5.10 Å². The highest BCUT2D eigenvalue weighted by molar-refractivity contribution is 6.33. The van der Waals surface area contributed by atoms with Crippen LogP contribution in [0.25, 0.3) is 11.5 Å². The summed E-state index contributed by atoms with van der Waals surface area (Å²) in [5.74, 6) is -0.100. The molecule has 2 aliphatic rings. The molecule has 3 heterocycles. The lowest BCUT2D eigenvalue weighted by Gasteiger charge is -2.29. The highest BCUT2D eigenvalue weighted by Crippen LogP contribution is 2.32. The summed E-state index contributed by atoms with van der Waals surface area (Å²) in [6, 6.07) is 23.0. The maximum Gasteiger partial charge on any atom is 0.317 e. The molecule has 1 amide bonds. The van der Waals surface area contributed by atoms with E-state index in [0.717, 1.165) is 29.9 Å². The molecule has 0 unspecified atom stereocenters. The largest absolute Gasteiger partial charge is 0.403 e. The number of hydrogen-bond acceptors (Lipinski definition) is 8. The smallest absolute Gasteiger partial charge is 0.317 e. The molecule has 1 atom stereocenters. The van der Waals surface area contributed by atoms with E-state index in [-0.39, 0.29) is 17.8 Å². The number of fused-ring (bicyclic) bond motifs is 1. The number of hydrogen-bond donors (Lipinski definition) is 2. The molecule has 0 aliphatic carbocycles. The second kappa shape index (κ2) is 10.0. The summed E-state index contributed by atoms with van der Waals surface area (Å²) in [6.07, 6.45) is -0.991. The quantitative estimate of drug-likeness (QED) is 0.405. The van der Waals surface area contributed by atoms with Crippen molar-refractivity contribution in [3.05, 3.63) is 88.9 Å². The van der Waals surface area contributed by atoms with Gasteiger partial charge in [-0.1, -0.05) is 65.2 Å². The van der Waals surface area contributed by atoms with Gasteiger partial charge in [-0.2, -0.15) is 0 Å². The monoisotopic (exact) mass is 514 g/mol. The molecule has 1 aromatic heterocycles. The summed E-state index contributed by atoms with van der Waals surface area (Å²) in [4.78, 5) is 20.0. The summed E-state index contributed by atoms with van der Waals surface area (Å²) in [5.41, 5.74) is 4.67. The van der Waals surface area contributed by atoms with E-state index < -0.39 is 6.17 Å². The number of carbonyl (C=O) groups is 1. The first-order chi connectivity index (χ1) is 18.2. The Hall–Kier alpha value is -4.21. The Bertz CT molecular complexity index is 1470. The first kappa shape index (κ1) is 23.2. The van der Waals surface area contributed by atoms with E-state index in [1.54, 1.807) is 0 Å². The van der Waals surface area contributed by atoms with Gasteiger partial charge in [0.15, 0.2) is 0 Å². The number of ether oxygens (including phenoxy) is 1. The SMILES string of the molecule is O=C1Nc2ccccc2C(c2ccccc2)=N[C@@H]1Nc1nnc(-c2ccc(N3CCOCC3)cc2Cl)o1. The van der Waals surface area contributed by atoms with Crippen LogP contribution in [-0.2, 0) is 9.53 Å². The molecule has 0 spiro atoms. The lowest BCUT2D eigenvalue weighted by atomic mass is 10.0. The lowest BCUT2D eigenvalue weighted by molar-refractivity contribution is -0.116. The molecule has 37 heavy (non-hydrogen) atoms. The molecule has 4 aromatic rings. The summed E-state index contributed by atoms with van der Waals surface area (Å²) in [6.45, 7) is 2.99. The van der Waals surface area contributed by atoms with Crippen molar-refractivity contribution in [1.82, 2.24) is 10.2 Å². The molecule has 6 rings (SSSR count). The van der Waals surface area contributed by atoms with Crippen molar-refractivity contribution in [3.8, 4) is 11.5 Å². The van der Waals surface area contributed by atoms with Crippen molar-refractivity contribution in [1.29, 1.82) is 0 Å². The number of carbonyl (C=O) groups excluding carboxylic acids is 1. The number of nitrogens with zero attached hydrogens (tertiary/aromatic N) is 4. The molecule has 0 saturated carbocycles. The van der Waals surface area contributed by atoms with Crippen molar-refractivity contribution in [3.63, 3.8) is 0 Å². The van der Waals surface area contributed by atoms with Crippen molar-refractivity contribution in [2.24, 2.45) is 4.99 Å². The third kappa shape index (κ3) is 4.78. The van der Waals surface area contributed by atoms with Gasteiger partial charge in [-0.3, -0.25) is 4.79 Å². The van der Waals surface area contributed by atoms with Crippen LogP contribution >= 0.6 is 11.6 Å². The molecule has 9 nitrogen and oxygen atoms in total. The Morgan fingerprint density at radius 2 is 1.73 bits per heavy atom. The third-order valence-electron chi connectivity index (χ3n) is 6.24. The van der Waals surface area contributed by atoms with Crippen LogP contribution in [0.1, 0.15) is 11.1 Å². The molecule has 0 radical (unpaired) electrons. The fraction of sp³-hybridized carbons (Fsp3) is 0.185. The predicted molar refractivity (Wildman–Crippen MR) is 142 cm³/mol. The van der Waals surface area contributed by atoms with Crippen LogP contribution in [0.5, 0.6) is 0 Å². The van der Waals surface area contributed by atoms with E-state index in [9.17, 15) is 4.79 Å². The minimum atomic E-state index is -0.991. The van der Waals surface area contributed by atoms with Gasteiger partial charge in [0, 0.05) is 29.9 Å². The Morgan fingerprint density at radius 3 is 2.54 bits per heavy atom. The van der Waals surface area contributed by atoms with Crippen LogP contribution in [-0.4, -0.2) is 54.3 Å². The van der Waals surface area contributed by atoms with Crippen molar-refractivity contribution < 1.29 is 13.9 Å². The minimum absolute atomic E-state index is 0.0607. The number of halogens is 1. The number of benzodiazepines with no additional fused rings is 1. The van der Waals surface area contributed by atoms with Gasteiger partial charge in [0.2, 0.25) is 6.17 Å². The highest BCUT2D eigenvalue weighted by Gasteiger charge is 2.27. The van der Waals surface area contributed by atoms with E-state index >= 15 is 0 Å². The van der Waals surface area contributed by atoms with Crippen molar-refractivity contribution in [2.75, 3.05) is 41.8 Å². The predicted octanol–water partition coefficient (Wildman–Crippen LogP) is 4.45. The number of amides is 1. The van der Waals surface area contributed by atoms with Gasteiger partial charge in [-0.05, 0) is 24.3 Å². The Kier molecular flexibility index (Phi) is 6.30. The molecular formula is C27H23ClN6O3. The van der Waals surface area contributed by atoms with Crippen molar-refractivity contribution >= 4 is 40.6 Å². The molecule has 10 heteroatoms. The third-order valence-corrected chi connectivity index (χ3v) is 6.55. The lowest BCUT2D eigenvalue weighted by Crippen LogP contribution is -2.36. The maximum absolute atomic E-state index is 13.1. The molecule has 3 aromatic carbocycles. The van der Waals surface area contributed by atoms with Crippen molar-refractivity contribution in [2.45, 2.75) is 6.17 Å². The second-order valence-electron chi connectivity index (χ2n) is 8.60. The molecule has 2 N–H and O–H groups in total. The number of morpholine rings is 1. The minimum Gasteiger partial charge on any atom is -0.403 e. The van der Waals surface area contributed by atoms with E-state index in [4.69, 9.17) is 25.7 Å². The molecular weight excluding hydrogens is 492 g/mol. The Morgan fingerprint density at radius 1 is 0.946 bits per heavy atom. The van der Waals surface area contributed by atoms with Gasteiger partial charge in [0.05, 0.1) is 35.2 Å². The van der Waals surface area contributed by atoms with E-state index in [0.29, 0.717) is 35.2 Å². The molecule has 186 valence electrons. The number of benzene rings is 3. The van der Waals surface area contributed by atoms with Gasteiger partial charge in [0.1, 0.15) is 0 Å². The van der Waals surface area contributed by atoms with Crippen LogP contribution in [0.3, 0.4) is 0 Å². The number of nitrogens with one attached hydrogen (secondary N) is 2. The topological polar surface area (TPSA) is 105 Å². The van der Waals surface area contributed by atoms with Crippen LogP contribution < -0.4 is 15.5 Å². The number of rotatable bonds is 5. The Balaban J connectivity index is 1.27. The maximum atomic E-state index is 13.1. The fourth-order valence-electron chi connectivity index (χ4n) is 4.38. The number of para-hydroxylation sites is 1. The zero-order chi connectivity index (χ0) is 25.2. The van der Waals surface area contributed by atoms with Gasteiger partial charge in [-0.25, -0.2) is 4.99 Å². The first-order valence-electron chi connectivity index (χ1n) is 11.9. The Labute approximate surface area is 218 Å². The van der Waals surface area contributed by atoms with Crippen LogP contribution in [0.15, 0.2) is 82.2 Å². The average molecular weight is 515 g/mol.